The molecule has 0 bridgehead atoms. The van der Waals surface area contributed by atoms with Gasteiger partial charge in [0.05, 0.1) is 18.7 Å². The molecule has 172 valence electrons. The minimum atomic E-state index is -0.764. The summed E-state index contributed by atoms with van der Waals surface area (Å²) in [7, 11) is 1.89. The van der Waals surface area contributed by atoms with E-state index in [1.807, 2.05) is 70.5 Å². The number of aliphatic carboxylic acids is 1. The predicted molar refractivity (Wildman–Crippen MR) is 126 cm³/mol. The first-order chi connectivity index (χ1) is 15.7. The zero-order valence-corrected chi connectivity index (χ0v) is 19.4. The van der Waals surface area contributed by atoms with Crippen LogP contribution in [0.4, 0.5) is 5.69 Å². The standard InChI is InChI=1S/C26H29N3O4/c1-15-5-6-19(21-12-22(21)26(31)32)11-23(15)28-25(30)24-16(2)9-20(10-17(24)3)33-8-7-18-13-27-29(4)14-18/h5-6,9-11,13-14,21-22H,7-8,12H2,1-4H3,(H,28,30)(H,31,32)/t21-,22-/m1/s1. The second-order valence-corrected chi connectivity index (χ2v) is 8.87. The summed E-state index contributed by atoms with van der Waals surface area (Å²) >= 11 is 0. The van der Waals surface area contributed by atoms with E-state index in [1.165, 1.54) is 0 Å². The second kappa shape index (κ2) is 9.10. The Morgan fingerprint density at radius 1 is 1.15 bits per heavy atom. The lowest BCUT2D eigenvalue weighted by molar-refractivity contribution is -0.138. The quantitative estimate of drug-likeness (QED) is 0.534. The number of ether oxygens (including phenoxy) is 1. The molecule has 0 aliphatic heterocycles. The number of hydrogen-bond acceptors (Lipinski definition) is 4. The Labute approximate surface area is 193 Å². The molecule has 0 unspecified atom stereocenters. The zero-order chi connectivity index (χ0) is 23.7. The number of nitrogens with zero attached hydrogens (tertiary/aromatic N) is 2. The van der Waals surface area contributed by atoms with E-state index in [-0.39, 0.29) is 17.7 Å². The first kappa shape index (κ1) is 22.6. The molecule has 1 aliphatic rings. The van der Waals surface area contributed by atoms with Gasteiger partial charge >= 0.3 is 5.97 Å². The summed E-state index contributed by atoms with van der Waals surface area (Å²) in [6, 6.07) is 9.56. The molecule has 3 aromatic rings. The molecule has 2 N–H and O–H groups in total. The lowest BCUT2D eigenvalue weighted by atomic mass is 10.0. The molecule has 1 saturated carbocycles. The number of hydrogen-bond donors (Lipinski definition) is 2. The first-order valence-corrected chi connectivity index (χ1v) is 11.1. The van der Waals surface area contributed by atoms with E-state index in [9.17, 15) is 14.7 Å². The topological polar surface area (TPSA) is 93.5 Å². The molecule has 1 aromatic heterocycles. The van der Waals surface area contributed by atoms with Gasteiger partial charge in [-0.3, -0.25) is 14.3 Å². The SMILES string of the molecule is Cc1ccc([C@H]2C[C@H]2C(=O)O)cc1NC(=O)c1c(C)cc(OCCc2cnn(C)c2)cc1C. The fourth-order valence-electron chi connectivity index (χ4n) is 4.28. The van der Waals surface area contributed by atoms with Gasteiger partial charge in [0.1, 0.15) is 5.75 Å². The number of carbonyl (C=O) groups excluding carboxylic acids is 1. The number of aromatic nitrogens is 2. The van der Waals surface area contributed by atoms with Crippen LogP contribution in [0.15, 0.2) is 42.7 Å². The summed E-state index contributed by atoms with van der Waals surface area (Å²) in [6.07, 6.45) is 5.20. The summed E-state index contributed by atoms with van der Waals surface area (Å²) in [4.78, 5) is 24.4. The first-order valence-electron chi connectivity index (χ1n) is 11.1. The van der Waals surface area contributed by atoms with Gasteiger partial charge in [0.25, 0.3) is 5.91 Å². The molecule has 33 heavy (non-hydrogen) atoms. The lowest BCUT2D eigenvalue weighted by Crippen LogP contribution is -2.16. The van der Waals surface area contributed by atoms with Crippen molar-refractivity contribution in [1.29, 1.82) is 0 Å². The van der Waals surface area contributed by atoms with Crippen LogP contribution in [-0.4, -0.2) is 33.4 Å². The van der Waals surface area contributed by atoms with Gasteiger partial charge < -0.3 is 15.2 Å². The smallest absolute Gasteiger partial charge is 0.307 e. The zero-order valence-electron chi connectivity index (χ0n) is 19.4. The van der Waals surface area contributed by atoms with Crippen LogP contribution in [0.5, 0.6) is 5.75 Å². The molecule has 1 amide bonds. The summed E-state index contributed by atoms with van der Waals surface area (Å²) in [5.74, 6) is -0.522. The van der Waals surface area contributed by atoms with E-state index < -0.39 is 5.97 Å². The third-order valence-electron chi connectivity index (χ3n) is 6.20. The van der Waals surface area contributed by atoms with Crippen molar-refractivity contribution in [2.45, 2.75) is 39.5 Å². The van der Waals surface area contributed by atoms with E-state index in [1.54, 1.807) is 4.68 Å². The van der Waals surface area contributed by atoms with Crippen LogP contribution in [0.1, 0.15) is 50.5 Å². The maximum atomic E-state index is 13.1. The number of amides is 1. The van der Waals surface area contributed by atoms with Crippen molar-refractivity contribution in [3.05, 3.63) is 76.1 Å². The van der Waals surface area contributed by atoms with Gasteiger partial charge in [-0.25, -0.2) is 0 Å². The highest BCUT2D eigenvalue weighted by Gasteiger charge is 2.44. The Kier molecular flexibility index (Phi) is 6.22. The van der Waals surface area contributed by atoms with Gasteiger partial charge in [0, 0.05) is 30.9 Å². The minimum absolute atomic E-state index is 0.0188. The number of rotatable bonds is 8. The predicted octanol–water partition coefficient (Wildman–Crippen LogP) is 4.41. The molecule has 1 aliphatic carbocycles. The number of anilines is 1. The van der Waals surface area contributed by atoms with Crippen LogP contribution < -0.4 is 10.1 Å². The molecule has 7 heteroatoms. The number of nitrogens with one attached hydrogen (secondary N) is 1. The molecular formula is C26H29N3O4. The molecule has 1 fully saturated rings. The van der Waals surface area contributed by atoms with Crippen molar-refractivity contribution in [2.75, 3.05) is 11.9 Å². The number of carboxylic acids is 1. The number of carbonyl (C=O) groups is 2. The number of carboxylic acid groups (broad SMARTS) is 1. The van der Waals surface area contributed by atoms with E-state index in [4.69, 9.17) is 4.74 Å². The Balaban J connectivity index is 1.44. The molecule has 2 aromatic carbocycles. The van der Waals surface area contributed by atoms with Crippen molar-refractivity contribution in [3.8, 4) is 5.75 Å². The van der Waals surface area contributed by atoms with Crippen LogP contribution >= 0.6 is 0 Å². The molecular weight excluding hydrogens is 418 g/mol. The van der Waals surface area contributed by atoms with Crippen LogP contribution in [0, 0.1) is 26.7 Å². The van der Waals surface area contributed by atoms with Gasteiger partial charge in [-0.05, 0) is 79.1 Å². The van der Waals surface area contributed by atoms with Crippen molar-refractivity contribution >= 4 is 17.6 Å². The normalized spacial score (nSPS) is 17.0. The molecule has 1 heterocycles. The second-order valence-electron chi connectivity index (χ2n) is 8.87. The number of aryl methyl sites for hydroxylation is 4. The van der Waals surface area contributed by atoms with Crippen molar-refractivity contribution in [1.82, 2.24) is 9.78 Å². The van der Waals surface area contributed by atoms with Gasteiger partial charge in [-0.2, -0.15) is 5.10 Å². The Hall–Kier alpha value is -3.61. The average molecular weight is 448 g/mol. The lowest BCUT2D eigenvalue weighted by Gasteiger charge is -2.15. The summed E-state index contributed by atoms with van der Waals surface area (Å²) in [5.41, 5.74) is 6.01. The van der Waals surface area contributed by atoms with E-state index in [0.717, 1.165) is 40.0 Å². The third kappa shape index (κ3) is 5.08. The summed E-state index contributed by atoms with van der Waals surface area (Å²) in [5, 5.41) is 16.4. The van der Waals surface area contributed by atoms with E-state index >= 15 is 0 Å². The van der Waals surface area contributed by atoms with Crippen molar-refractivity contribution in [2.24, 2.45) is 13.0 Å². The molecule has 0 spiro atoms. The number of benzene rings is 2. The molecule has 0 saturated heterocycles. The highest BCUT2D eigenvalue weighted by molar-refractivity contribution is 6.06. The largest absolute Gasteiger partial charge is 0.493 e. The van der Waals surface area contributed by atoms with Crippen molar-refractivity contribution < 1.29 is 19.4 Å². The highest BCUT2D eigenvalue weighted by Crippen LogP contribution is 2.48. The highest BCUT2D eigenvalue weighted by atomic mass is 16.5. The van der Waals surface area contributed by atoms with E-state index in [2.05, 4.69) is 10.4 Å². The monoisotopic (exact) mass is 447 g/mol. The molecule has 7 nitrogen and oxygen atoms in total. The average Bonchev–Trinajstić information content (AvgIpc) is 3.45. The van der Waals surface area contributed by atoms with Crippen LogP contribution in [0.2, 0.25) is 0 Å². The van der Waals surface area contributed by atoms with Crippen molar-refractivity contribution in [3.63, 3.8) is 0 Å². The van der Waals surface area contributed by atoms with Crippen LogP contribution in [0.3, 0.4) is 0 Å². The Morgan fingerprint density at radius 2 is 1.88 bits per heavy atom. The Morgan fingerprint density at radius 3 is 2.48 bits per heavy atom. The Bertz CT molecular complexity index is 1190. The molecule has 2 atom stereocenters. The fraction of sp³-hybridized carbons (Fsp3) is 0.346. The van der Waals surface area contributed by atoms with Crippen LogP contribution in [0.25, 0.3) is 0 Å². The molecule has 0 radical (unpaired) electrons. The maximum absolute atomic E-state index is 13.1. The minimum Gasteiger partial charge on any atom is -0.493 e. The van der Waals surface area contributed by atoms with Gasteiger partial charge in [-0.1, -0.05) is 12.1 Å². The maximum Gasteiger partial charge on any atom is 0.307 e. The van der Waals surface area contributed by atoms with Gasteiger partial charge in [0.2, 0.25) is 0 Å². The van der Waals surface area contributed by atoms with Gasteiger partial charge in [-0.15, -0.1) is 0 Å². The fourth-order valence-corrected chi connectivity index (χ4v) is 4.28. The summed E-state index contributed by atoms with van der Waals surface area (Å²) in [6.45, 7) is 6.27. The van der Waals surface area contributed by atoms with Gasteiger partial charge in [0.15, 0.2) is 0 Å². The van der Waals surface area contributed by atoms with Crippen LogP contribution in [-0.2, 0) is 18.3 Å². The third-order valence-corrected chi connectivity index (χ3v) is 6.20. The van der Waals surface area contributed by atoms with E-state index in [0.29, 0.717) is 24.3 Å². The summed E-state index contributed by atoms with van der Waals surface area (Å²) < 4.78 is 7.68. The molecule has 4 rings (SSSR count).